The minimum Gasteiger partial charge on any atom is -0.487 e. The largest absolute Gasteiger partial charge is 0.487 e. The van der Waals surface area contributed by atoms with Crippen LogP contribution in [0.25, 0.3) is 11.1 Å². The van der Waals surface area contributed by atoms with Crippen molar-refractivity contribution in [2.45, 2.75) is 26.4 Å². The fourth-order valence-electron chi connectivity index (χ4n) is 3.75. The maximum absolute atomic E-state index is 14.6. The van der Waals surface area contributed by atoms with Gasteiger partial charge in [0.05, 0.1) is 6.54 Å². The molecule has 1 aromatic heterocycles. The first-order valence-corrected chi connectivity index (χ1v) is 9.70. The number of ether oxygens (including phenoxy) is 1. The van der Waals surface area contributed by atoms with E-state index in [4.69, 9.17) is 4.74 Å². The van der Waals surface area contributed by atoms with Gasteiger partial charge in [0.1, 0.15) is 23.4 Å². The molecule has 0 spiro atoms. The fourth-order valence-corrected chi connectivity index (χ4v) is 3.75. The number of fused-ring (bicyclic) bond motifs is 1. The van der Waals surface area contributed by atoms with Crippen molar-refractivity contribution >= 4 is 11.7 Å². The lowest BCUT2D eigenvalue weighted by Crippen LogP contribution is -2.35. The van der Waals surface area contributed by atoms with Crippen LogP contribution in [-0.2, 0) is 13.5 Å². The monoisotopic (exact) mass is 407 g/mol. The quantitative estimate of drug-likeness (QED) is 0.658. The Morgan fingerprint density at radius 3 is 2.73 bits per heavy atom. The molecule has 4 rings (SSSR count). The summed E-state index contributed by atoms with van der Waals surface area (Å²) in [6, 6.07) is 9.86. The van der Waals surface area contributed by atoms with Crippen molar-refractivity contribution in [1.82, 2.24) is 15.1 Å². The molecule has 30 heavy (non-hydrogen) atoms. The van der Waals surface area contributed by atoms with E-state index >= 15 is 0 Å². The van der Waals surface area contributed by atoms with E-state index in [1.54, 1.807) is 25.4 Å². The van der Waals surface area contributed by atoms with Crippen LogP contribution in [0.2, 0.25) is 0 Å². The Kier molecular flexibility index (Phi) is 5.11. The van der Waals surface area contributed by atoms with E-state index in [1.807, 2.05) is 19.1 Å². The Bertz CT molecular complexity index is 1150. The van der Waals surface area contributed by atoms with E-state index in [2.05, 4.69) is 10.4 Å². The fraction of sp³-hybridized carbons (Fsp3) is 0.261. The lowest BCUT2D eigenvalue weighted by atomic mass is 9.95. The van der Waals surface area contributed by atoms with Crippen molar-refractivity contribution in [1.29, 1.82) is 0 Å². The number of nitrogens with one attached hydrogen (secondary N) is 1. The molecule has 3 aromatic rings. The zero-order valence-corrected chi connectivity index (χ0v) is 17.0. The van der Waals surface area contributed by atoms with Crippen molar-refractivity contribution in [2.24, 2.45) is 7.05 Å². The second-order valence-electron chi connectivity index (χ2n) is 7.55. The number of aryl methyl sites for hydroxylation is 2. The highest BCUT2D eigenvalue weighted by atomic mass is 19.1. The third-order valence-corrected chi connectivity index (χ3v) is 5.25. The molecule has 0 saturated carbocycles. The Labute approximate surface area is 173 Å². The number of amides is 1. The smallest absolute Gasteiger partial charge is 0.269 e. The highest BCUT2D eigenvalue weighted by Gasteiger charge is 2.28. The first kappa shape index (κ1) is 19.8. The average molecular weight is 407 g/mol. The summed E-state index contributed by atoms with van der Waals surface area (Å²) in [4.78, 5) is 24.1. The lowest BCUT2D eigenvalue weighted by molar-refractivity contribution is 0.0923. The number of rotatable bonds is 5. The van der Waals surface area contributed by atoms with Gasteiger partial charge in [-0.2, -0.15) is 5.10 Å². The minimum absolute atomic E-state index is 0.128. The molecule has 1 N–H and O–H groups in total. The summed E-state index contributed by atoms with van der Waals surface area (Å²) in [6.45, 7) is 3.70. The van der Waals surface area contributed by atoms with Crippen LogP contribution in [0.5, 0.6) is 5.75 Å². The van der Waals surface area contributed by atoms with Gasteiger partial charge in [0, 0.05) is 36.4 Å². The summed E-state index contributed by atoms with van der Waals surface area (Å²) in [5, 5.41) is 6.87. The molecule has 0 aliphatic carbocycles. The number of Topliss-reactive ketones (excluding diaryl/α,β-unsaturated/α-hetero) is 1. The molecular weight excluding hydrogens is 385 g/mol. The number of carbonyl (C=O) groups is 2. The molecular formula is C23H22FN3O3. The van der Waals surface area contributed by atoms with Crippen LogP contribution in [0.4, 0.5) is 4.39 Å². The predicted molar refractivity (Wildman–Crippen MR) is 110 cm³/mol. The zero-order valence-electron chi connectivity index (χ0n) is 17.0. The second kappa shape index (κ2) is 7.74. The highest BCUT2D eigenvalue weighted by molar-refractivity contribution is 5.95. The van der Waals surface area contributed by atoms with Crippen LogP contribution in [-0.4, -0.2) is 34.1 Å². The maximum atomic E-state index is 14.6. The summed E-state index contributed by atoms with van der Waals surface area (Å²) in [5.41, 5.74) is 3.79. The topological polar surface area (TPSA) is 73.2 Å². The number of hydrogen-bond acceptors (Lipinski definition) is 4. The summed E-state index contributed by atoms with van der Waals surface area (Å²) >= 11 is 0. The van der Waals surface area contributed by atoms with Crippen molar-refractivity contribution in [3.63, 3.8) is 0 Å². The Balaban J connectivity index is 1.58. The van der Waals surface area contributed by atoms with Crippen LogP contribution >= 0.6 is 0 Å². The third kappa shape index (κ3) is 3.70. The molecule has 1 amide bonds. The van der Waals surface area contributed by atoms with Crippen LogP contribution in [0, 0.1) is 12.7 Å². The van der Waals surface area contributed by atoms with E-state index in [0.717, 1.165) is 11.1 Å². The Morgan fingerprint density at radius 2 is 2.03 bits per heavy atom. The van der Waals surface area contributed by atoms with Gasteiger partial charge in [-0.25, -0.2) is 4.39 Å². The van der Waals surface area contributed by atoms with Crippen LogP contribution in [0.15, 0.2) is 42.6 Å². The first-order chi connectivity index (χ1) is 14.3. The molecule has 0 saturated heterocycles. The van der Waals surface area contributed by atoms with Gasteiger partial charge in [-0.3, -0.25) is 14.3 Å². The van der Waals surface area contributed by atoms with Crippen molar-refractivity contribution < 1.29 is 18.7 Å². The molecule has 1 atom stereocenters. The van der Waals surface area contributed by atoms with E-state index < -0.39 is 5.82 Å². The summed E-state index contributed by atoms with van der Waals surface area (Å²) in [7, 11) is 1.70. The molecule has 2 heterocycles. The summed E-state index contributed by atoms with van der Waals surface area (Å²) in [6.07, 6.45) is 1.90. The molecule has 0 radical (unpaired) electrons. The van der Waals surface area contributed by atoms with Gasteiger partial charge in [-0.1, -0.05) is 6.07 Å². The van der Waals surface area contributed by atoms with E-state index in [-0.39, 0.29) is 17.8 Å². The van der Waals surface area contributed by atoms with E-state index in [1.165, 1.54) is 23.7 Å². The van der Waals surface area contributed by atoms with Gasteiger partial charge in [-0.15, -0.1) is 0 Å². The molecule has 7 heteroatoms. The highest BCUT2D eigenvalue weighted by Crippen LogP contribution is 2.41. The van der Waals surface area contributed by atoms with Crippen LogP contribution in [0.3, 0.4) is 0 Å². The molecule has 2 aromatic carbocycles. The van der Waals surface area contributed by atoms with Gasteiger partial charge < -0.3 is 10.1 Å². The van der Waals surface area contributed by atoms with Gasteiger partial charge >= 0.3 is 0 Å². The van der Waals surface area contributed by atoms with Crippen LogP contribution in [0.1, 0.15) is 38.9 Å². The number of nitrogens with zero attached hydrogens (tertiary/aromatic N) is 2. The molecule has 154 valence electrons. The Morgan fingerprint density at radius 1 is 1.23 bits per heavy atom. The molecule has 1 aliphatic heterocycles. The van der Waals surface area contributed by atoms with Gasteiger partial charge in [-0.05, 0) is 55.3 Å². The number of benzene rings is 2. The second-order valence-corrected chi connectivity index (χ2v) is 7.55. The van der Waals surface area contributed by atoms with Gasteiger partial charge in [0.25, 0.3) is 5.91 Å². The lowest BCUT2D eigenvalue weighted by Gasteiger charge is -2.15. The zero-order chi connectivity index (χ0) is 21.4. The van der Waals surface area contributed by atoms with Gasteiger partial charge in [0.2, 0.25) is 0 Å². The van der Waals surface area contributed by atoms with E-state index in [9.17, 15) is 14.0 Å². The Hall–Kier alpha value is -3.48. The molecule has 0 bridgehead atoms. The SMILES string of the molecule is CC(=O)c1ccc(F)c(-c2cc(C)cc3c2O[C@H](CNC(=O)c2ccnn2C)C3)c1. The third-order valence-electron chi connectivity index (χ3n) is 5.25. The standard InChI is InChI=1S/C23H22FN3O3/c1-13-8-16-10-17(12-25-23(29)21-6-7-26-27(21)3)30-22(16)19(9-13)18-11-15(14(2)28)4-5-20(18)24/h4-9,11,17H,10,12H2,1-3H3,(H,25,29)/t17-/m0/s1. The molecule has 6 nitrogen and oxygen atoms in total. The molecule has 0 fully saturated rings. The normalized spacial score (nSPS) is 14.9. The molecule has 0 unspecified atom stereocenters. The van der Waals surface area contributed by atoms with Crippen molar-refractivity contribution in [3.8, 4) is 16.9 Å². The number of aromatic nitrogens is 2. The number of hydrogen-bond donors (Lipinski definition) is 1. The molecule has 1 aliphatic rings. The number of halogens is 1. The predicted octanol–water partition coefficient (Wildman–Crippen LogP) is 3.47. The van der Waals surface area contributed by atoms with Crippen molar-refractivity contribution in [2.75, 3.05) is 6.54 Å². The number of carbonyl (C=O) groups excluding carboxylic acids is 2. The minimum atomic E-state index is -0.413. The maximum Gasteiger partial charge on any atom is 0.269 e. The first-order valence-electron chi connectivity index (χ1n) is 9.70. The number of ketones is 1. The van der Waals surface area contributed by atoms with Crippen LogP contribution < -0.4 is 10.1 Å². The summed E-state index contributed by atoms with van der Waals surface area (Å²) < 4.78 is 22.3. The van der Waals surface area contributed by atoms with Gasteiger partial charge in [0.15, 0.2) is 5.78 Å². The average Bonchev–Trinajstić information content (AvgIpc) is 3.31. The van der Waals surface area contributed by atoms with E-state index in [0.29, 0.717) is 41.1 Å². The van der Waals surface area contributed by atoms with Crippen molar-refractivity contribution in [3.05, 3.63) is 70.8 Å². The summed E-state index contributed by atoms with van der Waals surface area (Å²) in [5.74, 6) is -0.173.